The van der Waals surface area contributed by atoms with Crippen molar-refractivity contribution in [3.63, 3.8) is 0 Å². The van der Waals surface area contributed by atoms with E-state index in [1.165, 1.54) is 6.42 Å². The monoisotopic (exact) mass is 357 g/mol. The Hall–Kier alpha value is -2.17. The van der Waals surface area contributed by atoms with Crippen LogP contribution in [0.5, 0.6) is 0 Å². The van der Waals surface area contributed by atoms with E-state index in [0.717, 1.165) is 31.2 Å². The third kappa shape index (κ3) is 4.14. The van der Waals surface area contributed by atoms with Crippen molar-refractivity contribution in [2.45, 2.75) is 64.5 Å². The fraction of sp³-hybridized carbons (Fsp3) is 0.571. The smallest absolute Gasteiger partial charge is 0.311 e. The van der Waals surface area contributed by atoms with Crippen molar-refractivity contribution < 1.29 is 19.1 Å². The Morgan fingerprint density at radius 3 is 2.42 bits per heavy atom. The van der Waals surface area contributed by atoms with Crippen LogP contribution >= 0.6 is 0 Å². The molecule has 2 fully saturated rings. The molecule has 0 unspecified atom stereocenters. The summed E-state index contributed by atoms with van der Waals surface area (Å²) < 4.78 is 5.40. The van der Waals surface area contributed by atoms with E-state index in [2.05, 4.69) is 0 Å². The summed E-state index contributed by atoms with van der Waals surface area (Å²) in [6.07, 6.45) is 4.91. The van der Waals surface area contributed by atoms with Gasteiger partial charge in [-0.15, -0.1) is 0 Å². The van der Waals surface area contributed by atoms with Crippen LogP contribution in [-0.4, -0.2) is 41.3 Å². The first-order valence-electron chi connectivity index (χ1n) is 9.56. The minimum atomic E-state index is -0.843. The zero-order valence-corrected chi connectivity index (χ0v) is 15.6. The molecule has 1 saturated heterocycles. The first-order valence-corrected chi connectivity index (χ1v) is 9.56. The van der Waals surface area contributed by atoms with Crippen LogP contribution in [0.4, 0.5) is 0 Å². The summed E-state index contributed by atoms with van der Waals surface area (Å²) in [5.41, 5.74) is 1.60. The van der Waals surface area contributed by atoms with E-state index in [1.807, 2.05) is 24.0 Å². The number of benzene rings is 1. The van der Waals surface area contributed by atoms with Crippen LogP contribution in [0.2, 0.25) is 0 Å². The van der Waals surface area contributed by atoms with Crippen LogP contribution in [0, 0.1) is 12.8 Å². The molecule has 0 radical (unpaired) electrons. The van der Waals surface area contributed by atoms with Crippen molar-refractivity contribution in [3.8, 4) is 0 Å². The van der Waals surface area contributed by atoms with Crippen LogP contribution in [0.15, 0.2) is 24.3 Å². The molecule has 1 aromatic carbocycles. The highest BCUT2D eigenvalue weighted by Gasteiger charge is 2.39. The third-order valence-corrected chi connectivity index (χ3v) is 5.51. The Bertz CT molecular complexity index is 676. The van der Waals surface area contributed by atoms with Crippen molar-refractivity contribution in [3.05, 3.63) is 35.4 Å². The van der Waals surface area contributed by atoms with Crippen LogP contribution in [0.25, 0.3) is 0 Å². The highest BCUT2D eigenvalue weighted by atomic mass is 16.5. The van der Waals surface area contributed by atoms with E-state index in [4.69, 9.17) is 4.74 Å². The van der Waals surface area contributed by atoms with Gasteiger partial charge in [-0.2, -0.15) is 0 Å². The molecule has 5 nitrogen and oxygen atoms in total. The standard InChI is InChI=1S/C21H27NO4/c1-14-8-10-16(11-9-14)20(24)15(2)26-21(25)17-12-19(23)22(13-17)18-6-4-3-5-7-18/h8-11,15,17-18H,3-7,12-13H2,1-2H3/t15-,17-/m1/s1. The van der Waals surface area contributed by atoms with E-state index >= 15 is 0 Å². The molecular formula is C21H27NO4. The molecule has 1 saturated carbocycles. The fourth-order valence-corrected chi connectivity index (χ4v) is 3.91. The van der Waals surface area contributed by atoms with Gasteiger partial charge < -0.3 is 9.64 Å². The van der Waals surface area contributed by atoms with Crippen LogP contribution < -0.4 is 0 Å². The number of carbonyl (C=O) groups excluding carboxylic acids is 3. The van der Waals surface area contributed by atoms with Gasteiger partial charge in [-0.1, -0.05) is 49.1 Å². The highest BCUT2D eigenvalue weighted by Crippen LogP contribution is 2.29. The van der Waals surface area contributed by atoms with E-state index in [0.29, 0.717) is 12.1 Å². The summed E-state index contributed by atoms with van der Waals surface area (Å²) in [5, 5.41) is 0. The molecular weight excluding hydrogens is 330 g/mol. The molecule has 1 aliphatic heterocycles. The highest BCUT2D eigenvalue weighted by molar-refractivity contribution is 6.00. The number of Topliss-reactive ketones (excluding diaryl/α,β-unsaturated/α-hetero) is 1. The SMILES string of the molecule is Cc1ccc(C(=O)[C@@H](C)OC(=O)[C@@H]2CC(=O)N(C3CCCCC3)C2)cc1. The van der Waals surface area contributed by atoms with Crippen molar-refractivity contribution >= 4 is 17.7 Å². The molecule has 3 rings (SSSR count). The molecule has 1 aliphatic carbocycles. The average Bonchev–Trinajstić information content (AvgIpc) is 3.04. The van der Waals surface area contributed by atoms with Crippen molar-refractivity contribution in [1.29, 1.82) is 0 Å². The van der Waals surface area contributed by atoms with Crippen LogP contribution in [-0.2, 0) is 14.3 Å². The molecule has 1 amide bonds. The minimum absolute atomic E-state index is 0.0383. The first-order chi connectivity index (χ1) is 12.5. The van der Waals surface area contributed by atoms with E-state index in [-0.39, 0.29) is 24.2 Å². The molecule has 0 spiro atoms. The number of amides is 1. The van der Waals surface area contributed by atoms with E-state index in [9.17, 15) is 14.4 Å². The molecule has 2 atom stereocenters. The predicted molar refractivity (Wildman–Crippen MR) is 97.8 cm³/mol. The maximum atomic E-state index is 12.5. The Kier molecular flexibility index (Phi) is 5.74. The second-order valence-electron chi connectivity index (χ2n) is 7.55. The molecule has 0 aromatic heterocycles. The quantitative estimate of drug-likeness (QED) is 0.599. The topological polar surface area (TPSA) is 63.7 Å². The fourth-order valence-electron chi connectivity index (χ4n) is 3.91. The normalized spacial score (nSPS) is 22.3. The Morgan fingerprint density at radius 1 is 1.12 bits per heavy atom. The molecule has 1 aromatic rings. The van der Waals surface area contributed by atoms with Crippen LogP contribution in [0.3, 0.4) is 0 Å². The summed E-state index contributed by atoms with van der Waals surface area (Å²) in [7, 11) is 0. The summed E-state index contributed by atoms with van der Waals surface area (Å²) >= 11 is 0. The number of aryl methyl sites for hydroxylation is 1. The molecule has 1 heterocycles. The number of rotatable bonds is 5. The van der Waals surface area contributed by atoms with Gasteiger partial charge in [0.05, 0.1) is 5.92 Å². The second-order valence-corrected chi connectivity index (χ2v) is 7.55. The van der Waals surface area contributed by atoms with Crippen molar-refractivity contribution in [2.24, 2.45) is 5.92 Å². The van der Waals surface area contributed by atoms with E-state index < -0.39 is 18.0 Å². The summed E-state index contributed by atoms with van der Waals surface area (Å²) in [5.74, 6) is -1.08. The van der Waals surface area contributed by atoms with Gasteiger partial charge in [0.2, 0.25) is 11.7 Å². The lowest BCUT2D eigenvalue weighted by atomic mass is 9.94. The average molecular weight is 357 g/mol. The number of carbonyl (C=O) groups is 3. The molecule has 5 heteroatoms. The zero-order chi connectivity index (χ0) is 18.7. The van der Waals surface area contributed by atoms with Crippen molar-refractivity contribution in [2.75, 3.05) is 6.54 Å². The lowest BCUT2D eigenvalue weighted by molar-refractivity contribution is -0.151. The molecule has 26 heavy (non-hydrogen) atoms. The van der Waals surface area contributed by atoms with Gasteiger partial charge in [-0.05, 0) is 26.7 Å². The maximum Gasteiger partial charge on any atom is 0.311 e. The zero-order valence-electron chi connectivity index (χ0n) is 15.6. The summed E-state index contributed by atoms with van der Waals surface area (Å²) in [6.45, 7) is 3.97. The number of esters is 1. The Balaban J connectivity index is 1.56. The summed E-state index contributed by atoms with van der Waals surface area (Å²) in [4.78, 5) is 39.1. The molecule has 140 valence electrons. The molecule has 0 bridgehead atoms. The number of hydrogen-bond acceptors (Lipinski definition) is 4. The maximum absolute atomic E-state index is 12.5. The number of ether oxygens (including phenoxy) is 1. The third-order valence-electron chi connectivity index (χ3n) is 5.51. The van der Waals surface area contributed by atoms with Gasteiger partial charge >= 0.3 is 5.97 Å². The Labute approximate surface area is 154 Å². The van der Waals surface area contributed by atoms with Gasteiger partial charge in [0, 0.05) is 24.6 Å². The number of likely N-dealkylation sites (tertiary alicyclic amines) is 1. The van der Waals surface area contributed by atoms with Crippen LogP contribution in [0.1, 0.15) is 61.4 Å². The molecule has 0 N–H and O–H groups in total. The lowest BCUT2D eigenvalue weighted by Gasteiger charge is -2.31. The largest absolute Gasteiger partial charge is 0.454 e. The summed E-state index contributed by atoms with van der Waals surface area (Å²) in [6, 6.07) is 7.47. The van der Waals surface area contributed by atoms with Crippen molar-refractivity contribution in [1.82, 2.24) is 4.90 Å². The lowest BCUT2D eigenvalue weighted by Crippen LogP contribution is -2.38. The minimum Gasteiger partial charge on any atom is -0.454 e. The number of nitrogens with zero attached hydrogens (tertiary/aromatic N) is 1. The number of ketones is 1. The van der Waals surface area contributed by atoms with Gasteiger partial charge in [0.1, 0.15) is 0 Å². The second kappa shape index (κ2) is 8.02. The van der Waals surface area contributed by atoms with Gasteiger partial charge in [-0.3, -0.25) is 14.4 Å². The van der Waals surface area contributed by atoms with Gasteiger partial charge in [0.15, 0.2) is 6.10 Å². The Morgan fingerprint density at radius 2 is 1.77 bits per heavy atom. The number of hydrogen-bond donors (Lipinski definition) is 0. The molecule has 2 aliphatic rings. The van der Waals surface area contributed by atoms with Gasteiger partial charge in [0.25, 0.3) is 0 Å². The van der Waals surface area contributed by atoms with Gasteiger partial charge in [-0.25, -0.2) is 0 Å². The van der Waals surface area contributed by atoms with E-state index in [1.54, 1.807) is 19.1 Å². The first kappa shape index (κ1) is 18.6. The predicted octanol–water partition coefficient (Wildman–Crippen LogP) is 3.29.